The maximum atomic E-state index is 12.0. The van der Waals surface area contributed by atoms with E-state index in [0.29, 0.717) is 11.6 Å². The minimum absolute atomic E-state index is 0.126. The third kappa shape index (κ3) is 3.12. The molecule has 3 aromatic heterocycles. The first kappa shape index (κ1) is 13.8. The van der Waals surface area contributed by atoms with Crippen LogP contribution >= 0.6 is 0 Å². The Morgan fingerprint density at radius 2 is 2.00 bits per heavy atom. The summed E-state index contributed by atoms with van der Waals surface area (Å²) in [6.45, 7) is 0.274. The fourth-order valence-electron chi connectivity index (χ4n) is 1.96. The van der Waals surface area contributed by atoms with Crippen molar-refractivity contribution in [2.45, 2.75) is 6.54 Å². The number of amides is 1. The fourth-order valence-corrected chi connectivity index (χ4v) is 1.96. The molecular weight excluding hydrogens is 282 g/mol. The van der Waals surface area contributed by atoms with Crippen molar-refractivity contribution >= 4 is 11.7 Å². The minimum atomic E-state index is -0.384. The molecule has 0 unspecified atom stereocenters. The number of carbonyl (C=O) groups excluding carboxylic acids is 1. The topological polar surface area (TPSA) is 77.1 Å². The molecule has 1 amide bonds. The summed E-state index contributed by atoms with van der Waals surface area (Å²) in [6, 6.07) is 13.4. The van der Waals surface area contributed by atoms with Crippen LogP contribution in [0.5, 0.6) is 0 Å². The Morgan fingerprint density at radius 1 is 1.14 bits per heavy atom. The van der Waals surface area contributed by atoms with E-state index in [4.69, 9.17) is 4.42 Å². The second kappa shape index (κ2) is 6.09. The van der Waals surface area contributed by atoms with Crippen molar-refractivity contribution in [1.82, 2.24) is 9.55 Å². The summed E-state index contributed by atoms with van der Waals surface area (Å²) in [6.07, 6.45) is 3.25. The first-order valence-electron chi connectivity index (χ1n) is 6.69. The molecule has 0 spiro atoms. The van der Waals surface area contributed by atoms with E-state index in [1.807, 2.05) is 0 Å². The molecule has 0 bridgehead atoms. The van der Waals surface area contributed by atoms with Gasteiger partial charge in [0, 0.05) is 18.5 Å². The molecule has 6 heteroatoms. The van der Waals surface area contributed by atoms with Gasteiger partial charge in [-0.1, -0.05) is 12.1 Å². The Morgan fingerprint density at radius 3 is 2.77 bits per heavy atom. The molecule has 1 N–H and O–H groups in total. The zero-order valence-electron chi connectivity index (χ0n) is 11.6. The highest BCUT2D eigenvalue weighted by molar-refractivity contribution is 6.01. The van der Waals surface area contributed by atoms with Crippen molar-refractivity contribution in [2.75, 3.05) is 5.32 Å². The highest BCUT2D eigenvalue weighted by Crippen LogP contribution is 2.11. The van der Waals surface area contributed by atoms with E-state index in [0.717, 1.165) is 0 Å². The number of furan rings is 1. The molecular formula is C16H13N3O3. The number of anilines is 1. The zero-order chi connectivity index (χ0) is 15.4. The first-order valence-corrected chi connectivity index (χ1v) is 6.69. The lowest BCUT2D eigenvalue weighted by molar-refractivity contribution is 0.0994. The Labute approximate surface area is 126 Å². The van der Waals surface area contributed by atoms with Crippen molar-refractivity contribution in [3.8, 4) is 0 Å². The second-order valence-electron chi connectivity index (χ2n) is 4.60. The number of hydrogen-bond acceptors (Lipinski definition) is 4. The summed E-state index contributed by atoms with van der Waals surface area (Å²) >= 11 is 0. The van der Waals surface area contributed by atoms with E-state index in [9.17, 15) is 9.59 Å². The van der Waals surface area contributed by atoms with Gasteiger partial charge in [0.05, 0.1) is 6.54 Å². The van der Waals surface area contributed by atoms with Gasteiger partial charge in [0.1, 0.15) is 11.6 Å². The highest BCUT2D eigenvalue weighted by atomic mass is 16.4. The normalized spacial score (nSPS) is 10.4. The molecule has 0 fully saturated rings. The standard InChI is InChI=1S/C16H13N3O3/c20-15-6-2-4-10-19(15)11-12-7-8-13(22-12)16(21)18-14-5-1-3-9-17-14/h1-10H,11H2,(H,17,18,21). The predicted octanol–water partition coefficient (Wildman–Crippen LogP) is 2.14. The minimum Gasteiger partial charge on any atom is -0.454 e. The molecule has 0 aliphatic heterocycles. The van der Waals surface area contributed by atoms with Crippen LogP contribution in [0.3, 0.4) is 0 Å². The summed E-state index contributed by atoms with van der Waals surface area (Å²) in [5.74, 6) is 0.763. The van der Waals surface area contributed by atoms with Crippen molar-refractivity contribution in [3.63, 3.8) is 0 Å². The highest BCUT2D eigenvalue weighted by Gasteiger charge is 2.12. The van der Waals surface area contributed by atoms with Gasteiger partial charge >= 0.3 is 0 Å². The summed E-state index contributed by atoms with van der Waals surface area (Å²) in [7, 11) is 0. The molecule has 0 saturated heterocycles. The molecule has 110 valence electrons. The van der Waals surface area contributed by atoms with E-state index >= 15 is 0 Å². The number of rotatable bonds is 4. The summed E-state index contributed by atoms with van der Waals surface area (Å²) in [4.78, 5) is 27.7. The van der Waals surface area contributed by atoms with Gasteiger partial charge in [-0.3, -0.25) is 9.59 Å². The van der Waals surface area contributed by atoms with Gasteiger partial charge in [-0.25, -0.2) is 4.98 Å². The number of hydrogen-bond donors (Lipinski definition) is 1. The number of carbonyl (C=O) groups is 1. The summed E-state index contributed by atoms with van der Waals surface area (Å²) in [5, 5.41) is 2.63. The largest absolute Gasteiger partial charge is 0.454 e. The average molecular weight is 295 g/mol. The summed E-state index contributed by atoms with van der Waals surface area (Å²) in [5.41, 5.74) is -0.126. The van der Waals surface area contributed by atoms with E-state index in [2.05, 4.69) is 10.3 Å². The van der Waals surface area contributed by atoms with Crippen LogP contribution in [0.4, 0.5) is 5.82 Å². The van der Waals surface area contributed by atoms with Gasteiger partial charge in [-0.2, -0.15) is 0 Å². The maximum Gasteiger partial charge on any atom is 0.292 e. The van der Waals surface area contributed by atoms with E-state index in [-0.39, 0.29) is 23.8 Å². The Balaban J connectivity index is 1.72. The van der Waals surface area contributed by atoms with Crippen LogP contribution < -0.4 is 10.9 Å². The van der Waals surface area contributed by atoms with Crippen LogP contribution in [-0.2, 0) is 6.54 Å². The van der Waals surface area contributed by atoms with Crippen molar-refractivity contribution in [1.29, 1.82) is 0 Å². The second-order valence-corrected chi connectivity index (χ2v) is 4.60. The molecule has 6 nitrogen and oxygen atoms in total. The lowest BCUT2D eigenvalue weighted by Crippen LogP contribution is -2.18. The van der Waals surface area contributed by atoms with Gasteiger partial charge in [0.2, 0.25) is 0 Å². The van der Waals surface area contributed by atoms with Crippen LogP contribution in [0.15, 0.2) is 70.1 Å². The Bertz CT molecular complexity index is 837. The number of nitrogens with one attached hydrogen (secondary N) is 1. The third-order valence-corrected chi connectivity index (χ3v) is 3.02. The van der Waals surface area contributed by atoms with Crippen LogP contribution in [-0.4, -0.2) is 15.5 Å². The van der Waals surface area contributed by atoms with E-state index in [1.165, 1.54) is 10.6 Å². The van der Waals surface area contributed by atoms with Gasteiger partial charge < -0.3 is 14.3 Å². The molecule has 0 aromatic carbocycles. The number of nitrogens with zero attached hydrogens (tertiary/aromatic N) is 2. The fraction of sp³-hybridized carbons (Fsp3) is 0.0625. The zero-order valence-corrected chi connectivity index (χ0v) is 11.6. The number of aromatic nitrogens is 2. The monoisotopic (exact) mass is 295 g/mol. The smallest absolute Gasteiger partial charge is 0.292 e. The SMILES string of the molecule is O=C(Nc1ccccn1)c1ccc(Cn2ccccc2=O)o1. The van der Waals surface area contributed by atoms with E-state index < -0.39 is 0 Å². The van der Waals surface area contributed by atoms with Crippen molar-refractivity contribution in [3.05, 3.63) is 82.8 Å². The lowest BCUT2D eigenvalue weighted by atomic mass is 10.4. The summed E-state index contributed by atoms with van der Waals surface area (Å²) < 4.78 is 6.98. The average Bonchev–Trinajstić information content (AvgIpc) is 2.99. The molecule has 0 atom stereocenters. The van der Waals surface area contributed by atoms with Gasteiger partial charge in [0.25, 0.3) is 11.5 Å². The quantitative estimate of drug-likeness (QED) is 0.800. The van der Waals surface area contributed by atoms with Gasteiger partial charge in [-0.15, -0.1) is 0 Å². The maximum absolute atomic E-state index is 12.0. The molecule has 0 aliphatic rings. The Hall–Kier alpha value is -3.15. The third-order valence-electron chi connectivity index (χ3n) is 3.02. The Kier molecular flexibility index (Phi) is 3.82. The van der Waals surface area contributed by atoms with Crippen LogP contribution in [0.1, 0.15) is 16.3 Å². The molecule has 3 heterocycles. The van der Waals surface area contributed by atoms with Gasteiger partial charge in [0.15, 0.2) is 5.76 Å². The molecule has 22 heavy (non-hydrogen) atoms. The lowest BCUT2D eigenvalue weighted by Gasteiger charge is -2.02. The van der Waals surface area contributed by atoms with Crippen LogP contribution in [0.2, 0.25) is 0 Å². The van der Waals surface area contributed by atoms with Crippen molar-refractivity contribution in [2.24, 2.45) is 0 Å². The first-order chi connectivity index (χ1) is 10.7. The van der Waals surface area contributed by atoms with Crippen LogP contribution in [0, 0.1) is 0 Å². The molecule has 3 aromatic rings. The molecule has 0 aliphatic carbocycles. The van der Waals surface area contributed by atoms with E-state index in [1.54, 1.807) is 54.9 Å². The van der Waals surface area contributed by atoms with Crippen LogP contribution in [0.25, 0.3) is 0 Å². The molecule has 0 saturated carbocycles. The molecule has 0 radical (unpaired) electrons. The van der Waals surface area contributed by atoms with Crippen molar-refractivity contribution < 1.29 is 9.21 Å². The predicted molar refractivity (Wildman–Crippen MR) is 80.7 cm³/mol. The molecule has 3 rings (SSSR count). The van der Waals surface area contributed by atoms with Gasteiger partial charge in [-0.05, 0) is 30.3 Å². The number of pyridine rings is 2.